The van der Waals surface area contributed by atoms with E-state index in [1.165, 1.54) is 32.1 Å². The summed E-state index contributed by atoms with van der Waals surface area (Å²) in [5.41, 5.74) is 7.32. The Hall–Kier alpha value is -0.780. The largest absolute Gasteiger partial charge is 0.0579 e. The second-order valence-electron chi connectivity index (χ2n) is 9.40. The van der Waals surface area contributed by atoms with Crippen molar-refractivity contribution in [2.45, 2.75) is 96.3 Å². The first-order chi connectivity index (χ1) is 9.69. The normalized spacial score (nSPS) is 25.6. The molecule has 2 unspecified atom stereocenters. The van der Waals surface area contributed by atoms with Crippen molar-refractivity contribution in [3.8, 4) is 0 Å². The predicted molar refractivity (Wildman–Crippen MR) is 92.4 cm³/mol. The third-order valence-electron chi connectivity index (χ3n) is 5.64. The lowest BCUT2D eigenvalue weighted by atomic mass is 9.73. The first-order valence-corrected chi connectivity index (χ1v) is 8.87. The molecule has 2 aliphatic carbocycles. The summed E-state index contributed by atoms with van der Waals surface area (Å²) < 4.78 is 0. The highest BCUT2D eigenvalue weighted by atomic mass is 14.4. The van der Waals surface area contributed by atoms with E-state index in [9.17, 15) is 0 Å². The van der Waals surface area contributed by atoms with Gasteiger partial charge in [-0.15, -0.1) is 0 Å². The number of rotatable bonds is 0. The van der Waals surface area contributed by atoms with Gasteiger partial charge in [-0.3, -0.25) is 0 Å². The van der Waals surface area contributed by atoms with Crippen LogP contribution in [0, 0.1) is 0 Å². The maximum Gasteiger partial charge on any atom is -0.0129 e. The van der Waals surface area contributed by atoms with Gasteiger partial charge in [0.15, 0.2) is 0 Å². The van der Waals surface area contributed by atoms with Gasteiger partial charge in [0.25, 0.3) is 0 Å². The Bertz CT molecular complexity index is 487. The zero-order valence-electron chi connectivity index (χ0n) is 14.8. The highest BCUT2D eigenvalue weighted by Gasteiger charge is 2.39. The molecule has 0 spiro atoms. The Kier molecular flexibility index (Phi) is 3.50. The van der Waals surface area contributed by atoms with Crippen LogP contribution in [0.25, 0.3) is 0 Å². The molecule has 0 aromatic heterocycles. The molecule has 0 heterocycles. The molecule has 2 bridgehead atoms. The molecule has 0 aliphatic heterocycles. The van der Waals surface area contributed by atoms with Crippen LogP contribution in [-0.4, -0.2) is 0 Å². The van der Waals surface area contributed by atoms with Gasteiger partial charge in [0.05, 0.1) is 0 Å². The molecular formula is C21H32. The minimum Gasteiger partial charge on any atom is -0.0579 e. The Morgan fingerprint density at radius 3 is 1.43 bits per heavy atom. The number of fused-ring (bicyclic) bond motifs is 5. The molecule has 2 atom stereocenters. The highest BCUT2D eigenvalue weighted by Crippen LogP contribution is 2.54. The van der Waals surface area contributed by atoms with Gasteiger partial charge in [0.1, 0.15) is 0 Å². The summed E-state index contributed by atoms with van der Waals surface area (Å²) >= 11 is 0. The standard InChI is InChI=1S/C21H32/c1-20(2,3)16-11-12-17(21(4,5)6)19-15-10-8-7-9-14(13-15)18(16)19/h11-12,14-15H,7-10,13H2,1-6H3. The van der Waals surface area contributed by atoms with Gasteiger partial charge < -0.3 is 0 Å². The van der Waals surface area contributed by atoms with Gasteiger partial charge in [0, 0.05) is 0 Å². The molecule has 21 heavy (non-hydrogen) atoms. The van der Waals surface area contributed by atoms with Gasteiger partial charge >= 0.3 is 0 Å². The molecule has 0 radical (unpaired) electrons. The molecule has 116 valence electrons. The van der Waals surface area contributed by atoms with Crippen LogP contribution in [0.1, 0.15) is 108 Å². The fraction of sp³-hybridized carbons (Fsp3) is 0.714. The van der Waals surface area contributed by atoms with E-state index in [-0.39, 0.29) is 10.8 Å². The van der Waals surface area contributed by atoms with Crippen molar-refractivity contribution in [3.63, 3.8) is 0 Å². The summed E-state index contributed by atoms with van der Waals surface area (Å²) in [7, 11) is 0. The quantitative estimate of drug-likeness (QED) is 0.515. The lowest BCUT2D eigenvalue weighted by molar-refractivity contribution is 0.547. The molecule has 1 fully saturated rings. The third kappa shape index (κ3) is 2.56. The summed E-state index contributed by atoms with van der Waals surface area (Å²) in [6.45, 7) is 14.3. The maximum absolute atomic E-state index is 2.45. The maximum atomic E-state index is 2.45. The number of hydrogen-bond acceptors (Lipinski definition) is 0. The summed E-state index contributed by atoms with van der Waals surface area (Å²) in [5, 5.41) is 0. The Balaban J connectivity index is 2.26. The van der Waals surface area contributed by atoms with E-state index < -0.39 is 0 Å². The molecule has 1 aromatic carbocycles. The minimum absolute atomic E-state index is 0.271. The Morgan fingerprint density at radius 1 is 0.714 bits per heavy atom. The Morgan fingerprint density at radius 2 is 1.10 bits per heavy atom. The van der Waals surface area contributed by atoms with Crippen molar-refractivity contribution >= 4 is 0 Å². The van der Waals surface area contributed by atoms with Crippen LogP contribution in [-0.2, 0) is 10.8 Å². The van der Waals surface area contributed by atoms with Crippen molar-refractivity contribution in [2.24, 2.45) is 0 Å². The van der Waals surface area contributed by atoms with E-state index in [0.29, 0.717) is 0 Å². The lowest BCUT2D eigenvalue weighted by Crippen LogP contribution is -2.20. The van der Waals surface area contributed by atoms with E-state index >= 15 is 0 Å². The van der Waals surface area contributed by atoms with Crippen molar-refractivity contribution in [1.29, 1.82) is 0 Å². The van der Waals surface area contributed by atoms with Crippen LogP contribution in [0.4, 0.5) is 0 Å². The molecule has 2 aliphatic rings. The van der Waals surface area contributed by atoms with Gasteiger partial charge in [-0.25, -0.2) is 0 Å². The van der Waals surface area contributed by atoms with Crippen molar-refractivity contribution in [3.05, 3.63) is 34.4 Å². The van der Waals surface area contributed by atoms with Crippen LogP contribution in [0.5, 0.6) is 0 Å². The monoisotopic (exact) mass is 284 g/mol. The summed E-state index contributed by atoms with van der Waals surface area (Å²) in [6, 6.07) is 4.91. The average molecular weight is 284 g/mol. The first kappa shape index (κ1) is 15.1. The summed E-state index contributed by atoms with van der Waals surface area (Å²) in [4.78, 5) is 0. The second-order valence-corrected chi connectivity index (χ2v) is 9.40. The molecule has 1 aromatic rings. The van der Waals surface area contributed by atoms with Crippen LogP contribution >= 0.6 is 0 Å². The fourth-order valence-electron chi connectivity index (χ4n) is 4.71. The van der Waals surface area contributed by atoms with Crippen LogP contribution in [0.3, 0.4) is 0 Å². The van der Waals surface area contributed by atoms with E-state index in [1.54, 1.807) is 22.3 Å². The predicted octanol–water partition coefficient (Wildman–Crippen LogP) is 6.43. The zero-order valence-corrected chi connectivity index (χ0v) is 14.8. The molecule has 3 rings (SSSR count). The fourth-order valence-corrected chi connectivity index (χ4v) is 4.71. The zero-order chi connectivity index (χ0) is 15.4. The average Bonchev–Trinajstić information content (AvgIpc) is 2.54. The lowest BCUT2D eigenvalue weighted by Gasteiger charge is -2.31. The number of benzene rings is 1. The first-order valence-electron chi connectivity index (χ1n) is 8.87. The van der Waals surface area contributed by atoms with Crippen LogP contribution in [0.2, 0.25) is 0 Å². The van der Waals surface area contributed by atoms with E-state index in [4.69, 9.17) is 0 Å². The van der Waals surface area contributed by atoms with E-state index in [1.807, 2.05) is 0 Å². The van der Waals surface area contributed by atoms with Crippen molar-refractivity contribution in [2.75, 3.05) is 0 Å². The van der Waals surface area contributed by atoms with Crippen molar-refractivity contribution in [1.82, 2.24) is 0 Å². The molecule has 1 saturated carbocycles. The third-order valence-corrected chi connectivity index (χ3v) is 5.64. The molecule has 0 amide bonds. The highest BCUT2D eigenvalue weighted by molar-refractivity contribution is 5.53. The van der Waals surface area contributed by atoms with Gasteiger partial charge in [-0.1, -0.05) is 66.5 Å². The number of hydrogen-bond donors (Lipinski definition) is 0. The summed E-state index contributed by atoms with van der Waals surface area (Å²) in [6.07, 6.45) is 7.12. The molecule has 0 saturated heterocycles. The van der Waals surface area contributed by atoms with E-state index in [0.717, 1.165) is 11.8 Å². The van der Waals surface area contributed by atoms with E-state index in [2.05, 4.69) is 53.7 Å². The van der Waals surface area contributed by atoms with Crippen molar-refractivity contribution < 1.29 is 0 Å². The molecule has 0 nitrogen and oxygen atoms in total. The second kappa shape index (κ2) is 4.86. The van der Waals surface area contributed by atoms with Gasteiger partial charge in [-0.05, 0) is 64.2 Å². The van der Waals surface area contributed by atoms with Crippen LogP contribution < -0.4 is 0 Å². The minimum atomic E-state index is 0.271. The molecular weight excluding hydrogens is 252 g/mol. The van der Waals surface area contributed by atoms with Crippen LogP contribution in [0.15, 0.2) is 12.1 Å². The summed E-state index contributed by atoms with van der Waals surface area (Å²) in [5.74, 6) is 1.67. The van der Waals surface area contributed by atoms with Gasteiger partial charge in [-0.2, -0.15) is 0 Å². The smallest absolute Gasteiger partial charge is 0.0129 e. The van der Waals surface area contributed by atoms with Gasteiger partial charge in [0.2, 0.25) is 0 Å². The molecule has 0 N–H and O–H groups in total. The Labute approximate surface area is 131 Å². The topological polar surface area (TPSA) is 0 Å². The molecule has 0 heteroatoms. The SMILES string of the molecule is CC(C)(C)c1ccc(C(C)(C)C)c2c1C1CCCCC2C1.